The van der Waals surface area contributed by atoms with E-state index in [1.165, 1.54) is 13.8 Å². The summed E-state index contributed by atoms with van der Waals surface area (Å²) in [7, 11) is -3.48. The molecule has 1 aromatic rings. The summed E-state index contributed by atoms with van der Waals surface area (Å²) in [6.45, 7) is 6.59. The maximum Gasteiger partial charge on any atom is 0.249 e. The van der Waals surface area contributed by atoms with Crippen LogP contribution < -0.4 is 10.6 Å². The number of carbonyl (C=O) groups excluding carboxylic acids is 2. The second kappa shape index (κ2) is 7.59. The molecule has 0 aliphatic rings. The molecule has 0 atom stereocenters. The van der Waals surface area contributed by atoms with Crippen LogP contribution in [0.15, 0.2) is 30.3 Å². The van der Waals surface area contributed by atoms with Crippen molar-refractivity contribution in [2.24, 2.45) is 5.92 Å². The van der Waals surface area contributed by atoms with E-state index in [1.54, 1.807) is 38.1 Å². The number of benzene rings is 1. The molecule has 128 valence electrons. The number of carbonyl (C=O) groups is 2. The number of sulfone groups is 1. The number of nitrogens with one attached hydrogen (secondary N) is 2. The highest BCUT2D eigenvalue weighted by atomic mass is 32.2. The largest absolute Gasteiger partial charge is 0.341 e. The highest BCUT2D eigenvalue weighted by molar-refractivity contribution is 7.92. The molecule has 1 rings (SSSR count). The molecule has 0 aliphatic heterocycles. The van der Waals surface area contributed by atoms with Crippen molar-refractivity contribution in [3.63, 3.8) is 0 Å². The monoisotopic (exact) mass is 340 g/mol. The molecule has 0 unspecified atom stereocenters. The lowest BCUT2D eigenvalue weighted by Gasteiger charge is -2.25. The van der Waals surface area contributed by atoms with Gasteiger partial charge in [0.05, 0.1) is 5.75 Å². The summed E-state index contributed by atoms with van der Waals surface area (Å²) in [4.78, 5) is 24.2. The zero-order chi connectivity index (χ0) is 17.7. The molecule has 0 bridgehead atoms. The van der Waals surface area contributed by atoms with Crippen LogP contribution in [0.4, 0.5) is 5.69 Å². The van der Waals surface area contributed by atoms with Gasteiger partial charge in [-0.3, -0.25) is 9.59 Å². The molecule has 1 aromatic carbocycles. The minimum atomic E-state index is -3.48. The van der Waals surface area contributed by atoms with Gasteiger partial charge in [0.15, 0.2) is 9.84 Å². The summed E-state index contributed by atoms with van der Waals surface area (Å²) in [5.41, 5.74) is -0.618. The van der Waals surface area contributed by atoms with Gasteiger partial charge in [-0.15, -0.1) is 0 Å². The van der Waals surface area contributed by atoms with Crippen LogP contribution in [-0.4, -0.2) is 37.3 Å². The molecule has 0 spiro atoms. The SMILES string of the molecule is CC(C)CS(=O)(=O)CC(=O)NC(C)(C)C(=O)Nc1ccccc1. The van der Waals surface area contributed by atoms with Crippen LogP contribution >= 0.6 is 0 Å². The lowest BCUT2D eigenvalue weighted by Crippen LogP contribution is -2.53. The first-order chi connectivity index (χ1) is 10.5. The van der Waals surface area contributed by atoms with Crippen LogP contribution in [0, 0.1) is 5.92 Å². The molecule has 2 N–H and O–H groups in total. The first kappa shape index (κ1) is 19.2. The molecule has 6 nitrogen and oxygen atoms in total. The summed E-state index contributed by atoms with van der Waals surface area (Å²) >= 11 is 0. The fraction of sp³-hybridized carbons (Fsp3) is 0.500. The van der Waals surface area contributed by atoms with E-state index < -0.39 is 32.9 Å². The maximum absolute atomic E-state index is 12.2. The number of hydrogen-bond acceptors (Lipinski definition) is 4. The highest BCUT2D eigenvalue weighted by Gasteiger charge is 2.31. The van der Waals surface area contributed by atoms with Crippen molar-refractivity contribution >= 4 is 27.3 Å². The van der Waals surface area contributed by atoms with Crippen molar-refractivity contribution in [1.29, 1.82) is 0 Å². The Bertz CT molecular complexity index is 652. The van der Waals surface area contributed by atoms with Gasteiger partial charge < -0.3 is 10.6 Å². The fourth-order valence-corrected chi connectivity index (χ4v) is 3.62. The van der Waals surface area contributed by atoms with Crippen molar-refractivity contribution in [3.8, 4) is 0 Å². The summed E-state index contributed by atoms with van der Waals surface area (Å²) < 4.78 is 23.7. The average Bonchev–Trinajstić information content (AvgIpc) is 2.36. The Labute approximate surface area is 137 Å². The predicted octanol–water partition coefficient (Wildman–Crippen LogP) is 1.59. The van der Waals surface area contributed by atoms with Gasteiger partial charge in [-0.25, -0.2) is 8.42 Å². The van der Waals surface area contributed by atoms with Crippen molar-refractivity contribution in [2.45, 2.75) is 33.2 Å². The van der Waals surface area contributed by atoms with Crippen LogP contribution in [0.2, 0.25) is 0 Å². The van der Waals surface area contributed by atoms with Gasteiger partial charge in [0.25, 0.3) is 0 Å². The second-order valence-electron chi connectivity index (χ2n) is 6.44. The number of amides is 2. The van der Waals surface area contributed by atoms with Crippen molar-refractivity contribution in [3.05, 3.63) is 30.3 Å². The van der Waals surface area contributed by atoms with E-state index in [9.17, 15) is 18.0 Å². The van der Waals surface area contributed by atoms with E-state index in [0.29, 0.717) is 5.69 Å². The Hall–Kier alpha value is -1.89. The Morgan fingerprint density at radius 2 is 1.70 bits per heavy atom. The van der Waals surface area contributed by atoms with Gasteiger partial charge >= 0.3 is 0 Å². The zero-order valence-corrected chi connectivity index (χ0v) is 14.7. The Morgan fingerprint density at radius 1 is 1.13 bits per heavy atom. The topological polar surface area (TPSA) is 92.3 Å². The van der Waals surface area contributed by atoms with Crippen molar-refractivity contribution in [2.75, 3.05) is 16.8 Å². The molecule has 0 saturated heterocycles. The number of para-hydroxylation sites is 1. The van der Waals surface area contributed by atoms with Gasteiger partial charge in [-0.1, -0.05) is 32.0 Å². The van der Waals surface area contributed by atoms with E-state index in [4.69, 9.17) is 0 Å². The molecule has 23 heavy (non-hydrogen) atoms. The van der Waals surface area contributed by atoms with E-state index >= 15 is 0 Å². The molecule has 0 fully saturated rings. The first-order valence-corrected chi connectivity index (χ1v) is 9.22. The molecular formula is C16H24N2O4S. The molecule has 7 heteroatoms. The normalized spacial score (nSPS) is 12.0. The third kappa shape index (κ3) is 6.81. The smallest absolute Gasteiger partial charge is 0.249 e. The molecule has 2 amide bonds. The Kier molecular flexibility index (Phi) is 6.32. The molecular weight excluding hydrogens is 316 g/mol. The van der Waals surface area contributed by atoms with Gasteiger partial charge in [0.1, 0.15) is 11.3 Å². The van der Waals surface area contributed by atoms with E-state index in [-0.39, 0.29) is 11.7 Å². The summed E-state index contributed by atoms with van der Waals surface area (Å²) in [6.07, 6.45) is 0. The van der Waals surface area contributed by atoms with Gasteiger partial charge in [-0.2, -0.15) is 0 Å². The molecule has 0 aliphatic carbocycles. The summed E-state index contributed by atoms with van der Waals surface area (Å²) in [5.74, 6) is -1.83. The lowest BCUT2D eigenvalue weighted by atomic mass is 10.0. The van der Waals surface area contributed by atoms with Crippen LogP contribution in [0.5, 0.6) is 0 Å². The third-order valence-electron chi connectivity index (χ3n) is 2.99. The fourth-order valence-electron chi connectivity index (χ4n) is 2.02. The minimum absolute atomic E-state index is 0.0535. The minimum Gasteiger partial charge on any atom is -0.341 e. The quantitative estimate of drug-likeness (QED) is 0.788. The van der Waals surface area contributed by atoms with E-state index in [1.807, 2.05) is 6.07 Å². The Morgan fingerprint density at radius 3 is 2.22 bits per heavy atom. The van der Waals surface area contributed by atoms with Crippen molar-refractivity contribution < 1.29 is 18.0 Å². The molecule has 0 heterocycles. The van der Waals surface area contributed by atoms with E-state index in [0.717, 1.165) is 0 Å². The van der Waals surface area contributed by atoms with Gasteiger partial charge in [-0.05, 0) is 31.9 Å². The molecule has 0 aromatic heterocycles. The molecule has 0 saturated carbocycles. The second-order valence-corrected chi connectivity index (χ2v) is 8.55. The summed E-state index contributed by atoms with van der Waals surface area (Å²) in [5, 5.41) is 5.15. The van der Waals surface area contributed by atoms with Gasteiger partial charge in [0, 0.05) is 5.69 Å². The van der Waals surface area contributed by atoms with Crippen molar-refractivity contribution in [1.82, 2.24) is 5.32 Å². The number of anilines is 1. The first-order valence-electron chi connectivity index (χ1n) is 7.40. The van der Waals surface area contributed by atoms with Crippen LogP contribution in [0.1, 0.15) is 27.7 Å². The average molecular weight is 340 g/mol. The maximum atomic E-state index is 12.2. The van der Waals surface area contributed by atoms with Crippen LogP contribution in [0.25, 0.3) is 0 Å². The van der Waals surface area contributed by atoms with Crippen LogP contribution in [0.3, 0.4) is 0 Å². The highest BCUT2D eigenvalue weighted by Crippen LogP contribution is 2.11. The summed E-state index contributed by atoms with van der Waals surface area (Å²) in [6, 6.07) is 8.83. The standard InChI is InChI=1S/C16H24N2O4S/c1-12(2)10-23(21,22)11-14(19)18-16(3,4)15(20)17-13-8-6-5-7-9-13/h5-9,12H,10-11H2,1-4H3,(H,17,20)(H,18,19). The lowest BCUT2D eigenvalue weighted by molar-refractivity contribution is -0.128. The number of rotatable bonds is 7. The van der Waals surface area contributed by atoms with Gasteiger partial charge in [0.2, 0.25) is 11.8 Å². The molecule has 0 radical (unpaired) electrons. The predicted molar refractivity (Wildman–Crippen MR) is 90.8 cm³/mol. The number of hydrogen-bond donors (Lipinski definition) is 2. The zero-order valence-electron chi connectivity index (χ0n) is 13.9. The van der Waals surface area contributed by atoms with Crippen LogP contribution in [-0.2, 0) is 19.4 Å². The third-order valence-corrected chi connectivity index (χ3v) is 4.87. The Balaban J connectivity index is 2.66. The van der Waals surface area contributed by atoms with E-state index in [2.05, 4.69) is 10.6 Å².